The highest BCUT2D eigenvalue weighted by molar-refractivity contribution is 5.98. The summed E-state index contributed by atoms with van der Waals surface area (Å²) in [5, 5.41) is 5.55. The fourth-order valence-corrected chi connectivity index (χ4v) is 3.72. The first-order valence-electron chi connectivity index (χ1n) is 9.68. The summed E-state index contributed by atoms with van der Waals surface area (Å²) >= 11 is 0. The van der Waals surface area contributed by atoms with Crippen LogP contribution < -0.4 is 4.74 Å². The Morgan fingerprint density at radius 3 is 2.89 bits per heavy atom. The molecule has 0 unspecified atom stereocenters. The monoisotopic (exact) mass is 382 g/mol. The van der Waals surface area contributed by atoms with E-state index in [0.29, 0.717) is 12.1 Å². The van der Waals surface area contributed by atoms with Crippen LogP contribution in [-0.4, -0.2) is 65.4 Å². The molecule has 0 aliphatic carbocycles. The van der Waals surface area contributed by atoms with Gasteiger partial charge in [0.15, 0.2) is 5.78 Å². The van der Waals surface area contributed by atoms with Gasteiger partial charge >= 0.3 is 0 Å². The van der Waals surface area contributed by atoms with E-state index in [1.165, 1.54) is 0 Å². The van der Waals surface area contributed by atoms with Crippen molar-refractivity contribution in [2.45, 2.75) is 12.8 Å². The molecule has 7 nitrogen and oxygen atoms in total. The molecule has 0 atom stereocenters. The maximum atomic E-state index is 12.6. The highest BCUT2D eigenvalue weighted by atomic mass is 16.5. The number of carbonyl (C=O) groups is 1. The van der Waals surface area contributed by atoms with E-state index in [0.717, 1.165) is 67.2 Å². The molecular formula is C21H26N4O3. The van der Waals surface area contributed by atoms with E-state index in [1.807, 2.05) is 37.5 Å². The molecule has 4 rings (SSSR count). The van der Waals surface area contributed by atoms with E-state index in [-0.39, 0.29) is 5.78 Å². The Labute approximate surface area is 164 Å². The van der Waals surface area contributed by atoms with Crippen LogP contribution in [0.2, 0.25) is 0 Å². The first kappa shape index (κ1) is 18.7. The molecule has 148 valence electrons. The normalized spacial score (nSPS) is 15.2. The van der Waals surface area contributed by atoms with Crippen LogP contribution in [0.25, 0.3) is 22.2 Å². The molecule has 2 aromatic heterocycles. The van der Waals surface area contributed by atoms with Crippen LogP contribution in [0.4, 0.5) is 0 Å². The quantitative estimate of drug-likeness (QED) is 0.636. The summed E-state index contributed by atoms with van der Waals surface area (Å²) in [4.78, 5) is 18.2. The number of hydrogen-bond donors (Lipinski definition) is 1. The fourth-order valence-electron chi connectivity index (χ4n) is 3.72. The number of aromatic nitrogens is 3. The summed E-state index contributed by atoms with van der Waals surface area (Å²) in [7, 11) is 3.53. The predicted octanol–water partition coefficient (Wildman–Crippen LogP) is 2.87. The molecule has 1 aliphatic heterocycles. The van der Waals surface area contributed by atoms with Crippen LogP contribution in [-0.2, 0) is 11.8 Å². The van der Waals surface area contributed by atoms with Crippen molar-refractivity contribution < 1.29 is 14.3 Å². The van der Waals surface area contributed by atoms with Crippen molar-refractivity contribution in [2.24, 2.45) is 7.05 Å². The minimum absolute atomic E-state index is 0.0941. The molecule has 0 bridgehead atoms. The standard InChI is InChI=1S/C21H26N4O3/c1-24-20(17-14-22-18-12-15(27-2)5-6-16(17)18)13-19(23-24)21(26)4-3-7-25-8-10-28-11-9-25/h5-6,12-14,22H,3-4,7-11H2,1-2H3. The topological polar surface area (TPSA) is 72.4 Å². The zero-order valence-corrected chi connectivity index (χ0v) is 16.4. The van der Waals surface area contributed by atoms with Gasteiger partial charge in [-0.05, 0) is 31.2 Å². The molecule has 1 saturated heterocycles. The Hall–Kier alpha value is -2.64. The van der Waals surface area contributed by atoms with Gasteiger partial charge in [-0.25, -0.2) is 0 Å². The molecular weight excluding hydrogens is 356 g/mol. The first-order chi connectivity index (χ1) is 13.7. The number of Topliss-reactive ketones (excluding diaryl/α,β-unsaturated/α-hetero) is 1. The number of ketones is 1. The number of aromatic amines is 1. The van der Waals surface area contributed by atoms with Crippen molar-refractivity contribution in [2.75, 3.05) is 40.0 Å². The number of benzene rings is 1. The first-order valence-corrected chi connectivity index (χ1v) is 9.68. The molecule has 0 spiro atoms. The number of carbonyl (C=O) groups excluding carboxylic acids is 1. The number of hydrogen-bond acceptors (Lipinski definition) is 5. The van der Waals surface area contributed by atoms with E-state index in [2.05, 4.69) is 15.0 Å². The van der Waals surface area contributed by atoms with Crippen molar-refractivity contribution in [1.82, 2.24) is 19.7 Å². The third-order valence-electron chi connectivity index (χ3n) is 5.31. The second-order valence-corrected chi connectivity index (χ2v) is 7.13. The van der Waals surface area contributed by atoms with Crippen molar-refractivity contribution in [1.29, 1.82) is 0 Å². The molecule has 1 aromatic carbocycles. The number of nitrogens with one attached hydrogen (secondary N) is 1. The summed E-state index contributed by atoms with van der Waals surface area (Å²) in [6.45, 7) is 4.40. The van der Waals surface area contributed by atoms with Gasteiger partial charge in [-0.15, -0.1) is 0 Å². The number of nitrogens with zero attached hydrogens (tertiary/aromatic N) is 3. The zero-order valence-electron chi connectivity index (χ0n) is 16.4. The minimum atomic E-state index is 0.0941. The maximum Gasteiger partial charge on any atom is 0.183 e. The second-order valence-electron chi connectivity index (χ2n) is 7.13. The van der Waals surface area contributed by atoms with Gasteiger partial charge in [0.25, 0.3) is 0 Å². The van der Waals surface area contributed by atoms with Gasteiger partial charge in [0.2, 0.25) is 0 Å². The van der Waals surface area contributed by atoms with Crippen LogP contribution in [0.5, 0.6) is 5.75 Å². The molecule has 0 amide bonds. The van der Waals surface area contributed by atoms with E-state index >= 15 is 0 Å². The maximum absolute atomic E-state index is 12.6. The molecule has 1 N–H and O–H groups in total. The molecule has 3 heterocycles. The lowest BCUT2D eigenvalue weighted by Gasteiger charge is -2.26. The van der Waals surface area contributed by atoms with Crippen LogP contribution in [0.1, 0.15) is 23.3 Å². The largest absolute Gasteiger partial charge is 0.497 e. The minimum Gasteiger partial charge on any atom is -0.497 e. The SMILES string of the molecule is COc1ccc2c(-c3cc(C(=O)CCCN4CCOCC4)nn3C)c[nH]c2c1. The van der Waals surface area contributed by atoms with Crippen LogP contribution in [0.15, 0.2) is 30.5 Å². The van der Waals surface area contributed by atoms with E-state index < -0.39 is 0 Å². The molecule has 0 saturated carbocycles. The van der Waals surface area contributed by atoms with Gasteiger partial charge in [0.05, 0.1) is 26.0 Å². The number of morpholine rings is 1. The van der Waals surface area contributed by atoms with Crippen molar-refractivity contribution in [3.05, 3.63) is 36.2 Å². The van der Waals surface area contributed by atoms with Crippen molar-refractivity contribution in [3.8, 4) is 17.0 Å². The Morgan fingerprint density at radius 1 is 1.29 bits per heavy atom. The molecule has 3 aromatic rings. The third-order valence-corrected chi connectivity index (χ3v) is 5.31. The Bertz CT molecular complexity index is 969. The van der Waals surface area contributed by atoms with Crippen LogP contribution in [0, 0.1) is 0 Å². The van der Waals surface area contributed by atoms with Crippen LogP contribution >= 0.6 is 0 Å². The second kappa shape index (κ2) is 8.16. The number of H-pyrrole nitrogens is 1. The smallest absolute Gasteiger partial charge is 0.183 e. The summed E-state index contributed by atoms with van der Waals surface area (Å²) < 4.78 is 12.4. The summed E-state index contributed by atoms with van der Waals surface area (Å²) in [5.41, 5.74) is 3.48. The molecule has 0 radical (unpaired) electrons. The predicted molar refractivity (Wildman–Crippen MR) is 108 cm³/mol. The Kier molecular flexibility index (Phi) is 5.45. The van der Waals surface area contributed by atoms with Crippen LogP contribution in [0.3, 0.4) is 0 Å². The third kappa shape index (κ3) is 3.81. The van der Waals surface area contributed by atoms with Gasteiger partial charge in [-0.3, -0.25) is 14.4 Å². The molecule has 7 heteroatoms. The average molecular weight is 382 g/mol. The number of methoxy groups -OCH3 is 1. The van der Waals surface area contributed by atoms with Gasteiger partial charge < -0.3 is 14.5 Å². The van der Waals surface area contributed by atoms with Gasteiger partial charge in [0, 0.05) is 55.3 Å². The molecule has 28 heavy (non-hydrogen) atoms. The van der Waals surface area contributed by atoms with Crippen molar-refractivity contribution >= 4 is 16.7 Å². The number of aryl methyl sites for hydroxylation is 1. The number of ether oxygens (including phenoxy) is 2. The highest BCUT2D eigenvalue weighted by Gasteiger charge is 2.17. The molecule has 1 aliphatic rings. The van der Waals surface area contributed by atoms with Gasteiger partial charge in [-0.2, -0.15) is 5.10 Å². The lowest BCUT2D eigenvalue weighted by Crippen LogP contribution is -2.36. The fraction of sp³-hybridized carbons (Fsp3) is 0.429. The van der Waals surface area contributed by atoms with Gasteiger partial charge in [0.1, 0.15) is 11.4 Å². The summed E-state index contributed by atoms with van der Waals surface area (Å²) in [6.07, 6.45) is 3.31. The number of fused-ring (bicyclic) bond motifs is 1. The Balaban J connectivity index is 1.46. The highest BCUT2D eigenvalue weighted by Crippen LogP contribution is 2.31. The summed E-state index contributed by atoms with van der Waals surface area (Å²) in [5.74, 6) is 0.902. The zero-order chi connectivity index (χ0) is 19.5. The van der Waals surface area contributed by atoms with Gasteiger partial charge in [-0.1, -0.05) is 0 Å². The van der Waals surface area contributed by atoms with E-state index in [1.54, 1.807) is 11.8 Å². The van der Waals surface area contributed by atoms with E-state index in [4.69, 9.17) is 9.47 Å². The Morgan fingerprint density at radius 2 is 2.11 bits per heavy atom. The van der Waals surface area contributed by atoms with Crippen molar-refractivity contribution in [3.63, 3.8) is 0 Å². The lowest BCUT2D eigenvalue weighted by molar-refractivity contribution is 0.0371. The van der Waals surface area contributed by atoms with E-state index in [9.17, 15) is 4.79 Å². The number of rotatable bonds is 7. The summed E-state index contributed by atoms with van der Waals surface area (Å²) in [6, 6.07) is 7.82. The average Bonchev–Trinajstić information content (AvgIpc) is 3.31. The lowest BCUT2D eigenvalue weighted by atomic mass is 10.1. The molecule has 1 fully saturated rings.